The first-order valence-corrected chi connectivity index (χ1v) is 6.92. The Kier molecular flexibility index (Phi) is 4.16. The molecule has 2 rings (SSSR count). The zero-order valence-electron chi connectivity index (χ0n) is 8.94. The van der Waals surface area contributed by atoms with Crippen molar-refractivity contribution in [3.63, 3.8) is 0 Å². The number of rotatable bonds is 6. The molecule has 2 aromatic rings. The molecule has 2 aromatic heterocycles. The average molecular weight is 269 g/mol. The molecule has 2 heterocycles. The van der Waals surface area contributed by atoms with Crippen molar-refractivity contribution in [2.45, 2.75) is 18.1 Å². The monoisotopic (exact) mass is 269 g/mol. The SMILES string of the molecule is O=C(O)CSc1nncn1CCc1ccsc1. The van der Waals surface area contributed by atoms with Gasteiger partial charge in [0.2, 0.25) is 0 Å². The molecule has 0 aromatic carbocycles. The van der Waals surface area contributed by atoms with E-state index < -0.39 is 5.97 Å². The summed E-state index contributed by atoms with van der Waals surface area (Å²) < 4.78 is 1.88. The standard InChI is InChI=1S/C10H11N3O2S2/c14-9(15)6-17-10-12-11-7-13(10)3-1-8-2-4-16-5-8/h2,4-5,7H,1,3,6H2,(H,14,15). The van der Waals surface area contributed by atoms with Crippen LogP contribution in [-0.2, 0) is 17.8 Å². The van der Waals surface area contributed by atoms with Crippen molar-refractivity contribution >= 4 is 29.1 Å². The molecular weight excluding hydrogens is 258 g/mol. The second kappa shape index (κ2) is 5.83. The number of aryl methyl sites for hydroxylation is 2. The van der Waals surface area contributed by atoms with Gasteiger partial charge in [-0.15, -0.1) is 10.2 Å². The number of aromatic nitrogens is 3. The number of carboxylic acid groups (broad SMARTS) is 1. The van der Waals surface area contributed by atoms with E-state index in [-0.39, 0.29) is 5.75 Å². The number of nitrogens with zero attached hydrogens (tertiary/aromatic N) is 3. The van der Waals surface area contributed by atoms with Gasteiger partial charge in [-0.2, -0.15) is 11.3 Å². The van der Waals surface area contributed by atoms with Gasteiger partial charge in [0, 0.05) is 6.54 Å². The zero-order valence-corrected chi connectivity index (χ0v) is 10.6. The van der Waals surface area contributed by atoms with Gasteiger partial charge < -0.3 is 9.67 Å². The molecule has 0 unspecified atom stereocenters. The van der Waals surface area contributed by atoms with Crippen LogP contribution < -0.4 is 0 Å². The first-order chi connectivity index (χ1) is 8.25. The van der Waals surface area contributed by atoms with Gasteiger partial charge >= 0.3 is 5.97 Å². The Morgan fingerprint density at radius 3 is 3.18 bits per heavy atom. The van der Waals surface area contributed by atoms with Crippen LogP contribution in [0, 0.1) is 0 Å². The summed E-state index contributed by atoms with van der Waals surface area (Å²) in [7, 11) is 0. The van der Waals surface area contributed by atoms with E-state index in [1.807, 2.05) is 9.95 Å². The molecule has 0 aliphatic carbocycles. The predicted octanol–water partition coefficient (Wildman–Crippen LogP) is 1.76. The molecule has 1 N–H and O–H groups in total. The van der Waals surface area contributed by atoms with Gasteiger partial charge in [-0.3, -0.25) is 4.79 Å². The Hall–Kier alpha value is -1.34. The lowest BCUT2D eigenvalue weighted by atomic mass is 10.2. The van der Waals surface area contributed by atoms with E-state index >= 15 is 0 Å². The minimum absolute atomic E-state index is 0.0111. The largest absolute Gasteiger partial charge is 0.481 e. The van der Waals surface area contributed by atoms with Gasteiger partial charge in [0.1, 0.15) is 6.33 Å². The van der Waals surface area contributed by atoms with Gasteiger partial charge in [-0.05, 0) is 28.8 Å². The van der Waals surface area contributed by atoms with Crippen LogP contribution in [0.1, 0.15) is 5.56 Å². The minimum atomic E-state index is -0.845. The number of thioether (sulfide) groups is 1. The van der Waals surface area contributed by atoms with E-state index in [1.54, 1.807) is 17.7 Å². The molecule has 0 saturated carbocycles. The Bertz CT molecular complexity index is 481. The summed E-state index contributed by atoms with van der Waals surface area (Å²) in [5.74, 6) is -0.834. The van der Waals surface area contributed by atoms with Gasteiger partial charge in [0.15, 0.2) is 5.16 Å². The zero-order chi connectivity index (χ0) is 12.1. The molecule has 7 heteroatoms. The molecule has 0 atom stereocenters. The third-order valence-corrected chi connectivity index (χ3v) is 3.82. The maximum Gasteiger partial charge on any atom is 0.313 e. The summed E-state index contributed by atoms with van der Waals surface area (Å²) in [5.41, 5.74) is 1.28. The third-order valence-electron chi connectivity index (χ3n) is 2.13. The summed E-state index contributed by atoms with van der Waals surface area (Å²) in [6.45, 7) is 0.770. The van der Waals surface area contributed by atoms with E-state index in [2.05, 4.69) is 21.6 Å². The highest BCUT2D eigenvalue weighted by molar-refractivity contribution is 7.99. The average Bonchev–Trinajstić information content (AvgIpc) is 2.95. The lowest BCUT2D eigenvalue weighted by molar-refractivity contribution is -0.133. The maximum atomic E-state index is 10.5. The quantitative estimate of drug-likeness (QED) is 0.809. The maximum absolute atomic E-state index is 10.5. The fraction of sp³-hybridized carbons (Fsp3) is 0.300. The molecule has 0 radical (unpaired) electrons. The Morgan fingerprint density at radius 2 is 2.47 bits per heavy atom. The summed E-state index contributed by atoms with van der Waals surface area (Å²) in [4.78, 5) is 10.5. The fourth-order valence-corrected chi connectivity index (χ4v) is 2.69. The van der Waals surface area contributed by atoms with Crippen LogP contribution >= 0.6 is 23.1 Å². The Morgan fingerprint density at radius 1 is 1.59 bits per heavy atom. The summed E-state index contributed by atoms with van der Waals surface area (Å²) in [5, 5.41) is 21.1. The van der Waals surface area contributed by atoms with Crippen molar-refractivity contribution in [2.24, 2.45) is 0 Å². The molecule has 0 aliphatic heterocycles. The fourth-order valence-electron chi connectivity index (χ4n) is 1.32. The molecule has 0 saturated heterocycles. The highest BCUT2D eigenvalue weighted by atomic mass is 32.2. The molecule has 0 fully saturated rings. The van der Waals surface area contributed by atoms with E-state index in [0.29, 0.717) is 5.16 Å². The van der Waals surface area contributed by atoms with Crippen LogP contribution in [0.3, 0.4) is 0 Å². The number of carboxylic acids is 1. The van der Waals surface area contributed by atoms with Crippen LogP contribution in [0.25, 0.3) is 0 Å². The predicted molar refractivity (Wildman–Crippen MR) is 66.4 cm³/mol. The van der Waals surface area contributed by atoms with Crippen LogP contribution in [0.2, 0.25) is 0 Å². The highest BCUT2D eigenvalue weighted by Crippen LogP contribution is 2.15. The highest BCUT2D eigenvalue weighted by Gasteiger charge is 2.07. The van der Waals surface area contributed by atoms with Crippen molar-refractivity contribution in [3.8, 4) is 0 Å². The lowest BCUT2D eigenvalue weighted by Gasteiger charge is -2.03. The minimum Gasteiger partial charge on any atom is -0.481 e. The number of hydrogen-bond acceptors (Lipinski definition) is 5. The summed E-state index contributed by atoms with van der Waals surface area (Å²) >= 11 is 2.86. The van der Waals surface area contributed by atoms with Gasteiger partial charge in [0.05, 0.1) is 5.75 Å². The number of carbonyl (C=O) groups is 1. The number of aliphatic carboxylic acids is 1. The molecular formula is C10H11N3O2S2. The van der Waals surface area contributed by atoms with Crippen LogP contribution in [0.15, 0.2) is 28.3 Å². The van der Waals surface area contributed by atoms with Crippen molar-refractivity contribution < 1.29 is 9.90 Å². The Balaban J connectivity index is 1.92. The molecule has 17 heavy (non-hydrogen) atoms. The van der Waals surface area contributed by atoms with Crippen molar-refractivity contribution in [3.05, 3.63) is 28.7 Å². The van der Waals surface area contributed by atoms with Crippen molar-refractivity contribution in [1.82, 2.24) is 14.8 Å². The van der Waals surface area contributed by atoms with E-state index in [4.69, 9.17) is 5.11 Å². The third kappa shape index (κ3) is 3.57. The normalized spacial score (nSPS) is 10.6. The summed E-state index contributed by atoms with van der Waals surface area (Å²) in [6.07, 6.45) is 2.54. The topological polar surface area (TPSA) is 68.0 Å². The van der Waals surface area contributed by atoms with Gasteiger partial charge in [-0.25, -0.2) is 0 Å². The first-order valence-electron chi connectivity index (χ1n) is 4.99. The van der Waals surface area contributed by atoms with E-state index in [0.717, 1.165) is 13.0 Å². The smallest absolute Gasteiger partial charge is 0.313 e. The van der Waals surface area contributed by atoms with Crippen LogP contribution in [0.5, 0.6) is 0 Å². The van der Waals surface area contributed by atoms with Crippen molar-refractivity contribution in [1.29, 1.82) is 0 Å². The molecule has 0 aliphatic rings. The second-order valence-corrected chi connectivity index (χ2v) is 5.09. The van der Waals surface area contributed by atoms with Gasteiger partial charge in [0.25, 0.3) is 0 Å². The second-order valence-electron chi connectivity index (χ2n) is 3.37. The van der Waals surface area contributed by atoms with E-state index in [1.165, 1.54) is 17.3 Å². The number of hydrogen-bond donors (Lipinski definition) is 1. The molecule has 0 bridgehead atoms. The molecule has 90 valence electrons. The van der Waals surface area contributed by atoms with Crippen molar-refractivity contribution in [2.75, 3.05) is 5.75 Å². The molecule has 5 nitrogen and oxygen atoms in total. The van der Waals surface area contributed by atoms with E-state index in [9.17, 15) is 4.79 Å². The molecule has 0 amide bonds. The van der Waals surface area contributed by atoms with Crippen LogP contribution in [0.4, 0.5) is 0 Å². The summed E-state index contributed by atoms with van der Waals surface area (Å²) in [6, 6.07) is 2.08. The first kappa shape index (κ1) is 12.1. The molecule has 0 spiro atoms. The lowest BCUT2D eigenvalue weighted by Crippen LogP contribution is -2.04. The van der Waals surface area contributed by atoms with Gasteiger partial charge in [-0.1, -0.05) is 11.8 Å². The Labute approximate surface area is 106 Å². The number of thiophene rings is 1. The van der Waals surface area contributed by atoms with Crippen LogP contribution in [-0.4, -0.2) is 31.6 Å².